The van der Waals surface area contributed by atoms with Crippen molar-refractivity contribution in [1.82, 2.24) is 5.32 Å². The van der Waals surface area contributed by atoms with E-state index in [9.17, 15) is 4.39 Å². The average Bonchev–Trinajstić information content (AvgIpc) is 2.58. The van der Waals surface area contributed by atoms with Gasteiger partial charge in [-0.25, -0.2) is 4.39 Å². The van der Waals surface area contributed by atoms with Gasteiger partial charge >= 0.3 is 0 Å². The normalized spacial score (nSPS) is 25.6. The monoisotopic (exact) mass is 299 g/mol. The highest BCUT2D eigenvalue weighted by Gasteiger charge is 2.23. The summed E-state index contributed by atoms with van der Waals surface area (Å²) in [6.07, 6.45) is 5.81. The fraction of sp³-hybridized carbons (Fsp3) is 0.571. The Morgan fingerprint density at radius 3 is 2.82 bits per heavy atom. The topological polar surface area (TPSA) is 12.0 Å². The second-order valence-electron chi connectivity index (χ2n) is 4.85. The molecule has 0 amide bonds. The number of benzene rings is 1. The Balaban J connectivity index is 2.22. The quantitative estimate of drug-likeness (QED) is 0.806. The van der Waals surface area contributed by atoms with Crippen LogP contribution < -0.4 is 5.32 Å². The standard InChI is InChI=1S/C14H19BrFN/c1-17-11-6-3-2-5-10(9-11)12-7-4-8-13(15)14(12)16/h4,7-8,10-11,17H,2-3,5-6,9H2,1H3. The van der Waals surface area contributed by atoms with Crippen molar-refractivity contribution in [2.24, 2.45) is 0 Å². The van der Waals surface area contributed by atoms with Crippen molar-refractivity contribution >= 4 is 15.9 Å². The molecule has 1 aromatic carbocycles. The Bertz CT molecular complexity index is 380. The van der Waals surface area contributed by atoms with E-state index in [-0.39, 0.29) is 5.82 Å². The van der Waals surface area contributed by atoms with E-state index in [1.807, 2.05) is 19.2 Å². The average molecular weight is 300 g/mol. The van der Waals surface area contributed by atoms with E-state index in [2.05, 4.69) is 21.2 Å². The van der Waals surface area contributed by atoms with Crippen LogP contribution in [0.2, 0.25) is 0 Å². The molecule has 1 fully saturated rings. The molecule has 2 rings (SSSR count). The van der Waals surface area contributed by atoms with Gasteiger partial charge in [-0.3, -0.25) is 0 Å². The molecule has 0 radical (unpaired) electrons. The van der Waals surface area contributed by atoms with Crippen LogP contribution in [0.25, 0.3) is 0 Å². The molecule has 2 atom stereocenters. The van der Waals surface area contributed by atoms with Gasteiger partial charge in [-0.2, -0.15) is 0 Å². The Hall–Kier alpha value is -0.410. The van der Waals surface area contributed by atoms with Crippen molar-refractivity contribution < 1.29 is 4.39 Å². The Morgan fingerprint density at radius 2 is 2.06 bits per heavy atom. The minimum atomic E-state index is -0.0748. The first-order chi connectivity index (χ1) is 8.22. The van der Waals surface area contributed by atoms with Gasteiger partial charge in [-0.15, -0.1) is 0 Å². The zero-order chi connectivity index (χ0) is 12.3. The predicted molar refractivity (Wildman–Crippen MR) is 72.8 cm³/mol. The van der Waals surface area contributed by atoms with Gasteiger partial charge in [0.1, 0.15) is 5.82 Å². The van der Waals surface area contributed by atoms with Crippen LogP contribution in [0.1, 0.15) is 43.6 Å². The predicted octanol–water partition coefficient (Wildman–Crippen LogP) is 4.22. The SMILES string of the molecule is CNC1CCCCC(c2cccc(Br)c2F)C1. The molecule has 17 heavy (non-hydrogen) atoms. The second-order valence-corrected chi connectivity index (χ2v) is 5.70. The van der Waals surface area contributed by atoms with E-state index >= 15 is 0 Å². The molecule has 1 aromatic rings. The second kappa shape index (κ2) is 5.96. The number of halogens is 2. The summed E-state index contributed by atoms with van der Waals surface area (Å²) in [6, 6.07) is 6.16. The van der Waals surface area contributed by atoms with Crippen LogP contribution >= 0.6 is 15.9 Å². The van der Waals surface area contributed by atoms with Gasteiger partial charge < -0.3 is 5.32 Å². The van der Waals surface area contributed by atoms with Crippen LogP contribution in [0.15, 0.2) is 22.7 Å². The van der Waals surface area contributed by atoms with E-state index in [1.165, 1.54) is 19.3 Å². The molecule has 3 heteroatoms. The van der Waals surface area contributed by atoms with E-state index < -0.39 is 0 Å². The summed E-state index contributed by atoms with van der Waals surface area (Å²) in [7, 11) is 2.00. The Labute approximate surface area is 111 Å². The molecule has 0 heterocycles. The summed E-state index contributed by atoms with van der Waals surface area (Å²) in [4.78, 5) is 0. The lowest BCUT2D eigenvalue weighted by atomic mass is 9.90. The number of nitrogens with one attached hydrogen (secondary N) is 1. The third-order valence-corrected chi connectivity index (χ3v) is 4.37. The minimum Gasteiger partial charge on any atom is -0.317 e. The third-order valence-electron chi connectivity index (χ3n) is 3.75. The van der Waals surface area contributed by atoms with Crippen molar-refractivity contribution in [2.75, 3.05) is 7.05 Å². The number of hydrogen-bond donors (Lipinski definition) is 1. The number of rotatable bonds is 2. The van der Waals surface area contributed by atoms with E-state index in [0.29, 0.717) is 16.4 Å². The molecule has 94 valence electrons. The smallest absolute Gasteiger partial charge is 0.140 e. The van der Waals surface area contributed by atoms with Crippen LogP contribution in [-0.2, 0) is 0 Å². The van der Waals surface area contributed by atoms with Crippen LogP contribution in [0.4, 0.5) is 4.39 Å². The fourth-order valence-electron chi connectivity index (χ4n) is 2.74. The zero-order valence-electron chi connectivity index (χ0n) is 10.2. The van der Waals surface area contributed by atoms with Gasteiger partial charge in [0.2, 0.25) is 0 Å². The molecule has 1 N–H and O–H groups in total. The molecule has 2 unspecified atom stereocenters. The lowest BCUT2D eigenvalue weighted by molar-refractivity contribution is 0.459. The van der Waals surface area contributed by atoms with Crippen LogP contribution in [0.5, 0.6) is 0 Å². The molecule has 0 aliphatic heterocycles. The molecule has 1 saturated carbocycles. The summed E-state index contributed by atoms with van der Waals surface area (Å²) in [5, 5.41) is 3.34. The van der Waals surface area contributed by atoms with Crippen LogP contribution in [0.3, 0.4) is 0 Å². The Kier molecular flexibility index (Phi) is 4.57. The molecule has 1 nitrogen and oxygen atoms in total. The van der Waals surface area contributed by atoms with Crippen molar-refractivity contribution in [3.8, 4) is 0 Å². The first-order valence-electron chi connectivity index (χ1n) is 6.33. The van der Waals surface area contributed by atoms with Gasteiger partial charge in [0, 0.05) is 6.04 Å². The Morgan fingerprint density at radius 1 is 1.29 bits per heavy atom. The maximum absolute atomic E-state index is 14.1. The third kappa shape index (κ3) is 3.08. The first kappa shape index (κ1) is 13.0. The maximum atomic E-state index is 14.1. The molecular formula is C14H19BrFN. The molecule has 0 bridgehead atoms. The zero-order valence-corrected chi connectivity index (χ0v) is 11.8. The van der Waals surface area contributed by atoms with E-state index in [0.717, 1.165) is 18.4 Å². The highest BCUT2D eigenvalue weighted by Crippen LogP contribution is 2.34. The van der Waals surface area contributed by atoms with Crippen molar-refractivity contribution in [3.05, 3.63) is 34.1 Å². The van der Waals surface area contributed by atoms with E-state index in [1.54, 1.807) is 6.07 Å². The van der Waals surface area contributed by atoms with Crippen LogP contribution in [0, 0.1) is 5.82 Å². The minimum absolute atomic E-state index is 0.0748. The van der Waals surface area contributed by atoms with E-state index in [4.69, 9.17) is 0 Å². The van der Waals surface area contributed by atoms with Gasteiger partial charge in [0.15, 0.2) is 0 Å². The van der Waals surface area contributed by atoms with Gasteiger partial charge in [0.25, 0.3) is 0 Å². The first-order valence-corrected chi connectivity index (χ1v) is 7.13. The summed E-state index contributed by atoms with van der Waals surface area (Å²) in [5.41, 5.74) is 0.876. The van der Waals surface area contributed by atoms with Crippen molar-refractivity contribution in [3.63, 3.8) is 0 Å². The van der Waals surface area contributed by atoms with Gasteiger partial charge in [-0.1, -0.05) is 25.0 Å². The fourth-order valence-corrected chi connectivity index (χ4v) is 3.12. The summed E-state index contributed by atoms with van der Waals surface area (Å²) < 4.78 is 14.7. The molecule has 1 aliphatic carbocycles. The molecule has 0 aromatic heterocycles. The molecule has 0 spiro atoms. The molecule has 1 aliphatic rings. The maximum Gasteiger partial charge on any atom is 0.140 e. The van der Waals surface area contributed by atoms with Crippen molar-refractivity contribution in [1.29, 1.82) is 0 Å². The summed E-state index contributed by atoms with van der Waals surface area (Å²) >= 11 is 3.27. The highest BCUT2D eigenvalue weighted by molar-refractivity contribution is 9.10. The molecule has 0 saturated heterocycles. The number of hydrogen-bond acceptors (Lipinski definition) is 1. The summed E-state index contributed by atoms with van der Waals surface area (Å²) in [5.74, 6) is 0.279. The lowest BCUT2D eigenvalue weighted by Gasteiger charge is -2.20. The summed E-state index contributed by atoms with van der Waals surface area (Å²) in [6.45, 7) is 0. The highest BCUT2D eigenvalue weighted by atomic mass is 79.9. The van der Waals surface area contributed by atoms with Crippen LogP contribution in [-0.4, -0.2) is 13.1 Å². The largest absolute Gasteiger partial charge is 0.317 e. The lowest BCUT2D eigenvalue weighted by Crippen LogP contribution is -2.26. The van der Waals surface area contributed by atoms with Gasteiger partial charge in [-0.05, 0) is 59.8 Å². The molecular weight excluding hydrogens is 281 g/mol. The van der Waals surface area contributed by atoms with Gasteiger partial charge in [0.05, 0.1) is 4.47 Å². The van der Waals surface area contributed by atoms with Crippen molar-refractivity contribution in [2.45, 2.75) is 44.1 Å².